The normalized spacial score (nSPS) is 10.8. The van der Waals surface area contributed by atoms with Crippen LogP contribution in [-0.4, -0.2) is 12.1 Å². The number of hydrogen-bond donors (Lipinski definition) is 1. The zero-order valence-corrected chi connectivity index (χ0v) is 12.5. The largest absolute Gasteiger partial charge is 0.496 e. The molecule has 0 aliphatic carbocycles. The van der Waals surface area contributed by atoms with Crippen molar-refractivity contribution in [2.75, 3.05) is 7.11 Å². The molecule has 0 aliphatic rings. The van der Waals surface area contributed by atoms with Crippen molar-refractivity contribution < 1.29 is 4.74 Å². The van der Waals surface area contributed by atoms with Crippen LogP contribution in [0, 0.1) is 6.92 Å². The van der Waals surface area contributed by atoms with Crippen molar-refractivity contribution in [3.63, 3.8) is 0 Å². The number of pyridine rings is 1. The second kappa shape index (κ2) is 5.26. The number of rotatable bonds is 2. The van der Waals surface area contributed by atoms with Crippen LogP contribution in [0.1, 0.15) is 5.56 Å². The summed E-state index contributed by atoms with van der Waals surface area (Å²) in [5.41, 5.74) is 3.31. The van der Waals surface area contributed by atoms with Gasteiger partial charge in [-0.15, -0.1) is 0 Å². The van der Waals surface area contributed by atoms with Crippen LogP contribution in [-0.2, 0) is 0 Å². The molecule has 0 atom stereocenters. The van der Waals surface area contributed by atoms with E-state index in [4.69, 9.17) is 16.3 Å². The minimum absolute atomic E-state index is 0.0178. The summed E-state index contributed by atoms with van der Waals surface area (Å²) in [5.74, 6) is 0.644. The van der Waals surface area contributed by atoms with Crippen LogP contribution >= 0.6 is 11.6 Å². The third-order valence-corrected chi connectivity index (χ3v) is 3.71. The van der Waals surface area contributed by atoms with E-state index in [2.05, 4.69) is 4.98 Å². The monoisotopic (exact) mass is 299 g/mol. The summed E-state index contributed by atoms with van der Waals surface area (Å²) in [5, 5.41) is 1.28. The Morgan fingerprint density at radius 2 is 1.90 bits per heavy atom. The zero-order valence-electron chi connectivity index (χ0n) is 11.7. The van der Waals surface area contributed by atoms with Crippen molar-refractivity contribution in [1.29, 1.82) is 0 Å². The van der Waals surface area contributed by atoms with Crippen LogP contribution in [0.25, 0.3) is 22.2 Å². The van der Waals surface area contributed by atoms with Gasteiger partial charge in [0.25, 0.3) is 0 Å². The lowest BCUT2D eigenvalue weighted by Crippen LogP contribution is -2.04. The fourth-order valence-electron chi connectivity index (χ4n) is 2.55. The lowest BCUT2D eigenvalue weighted by Gasteiger charge is -2.13. The molecule has 0 radical (unpaired) electrons. The highest BCUT2D eigenvalue weighted by molar-refractivity contribution is 6.31. The number of hydrogen-bond acceptors (Lipinski definition) is 2. The molecule has 0 unspecified atom stereocenters. The third-order valence-electron chi connectivity index (χ3n) is 3.49. The minimum atomic E-state index is -0.0178. The molecule has 2 aromatic carbocycles. The van der Waals surface area contributed by atoms with E-state index in [1.807, 2.05) is 37.3 Å². The third kappa shape index (κ3) is 2.41. The van der Waals surface area contributed by atoms with E-state index in [-0.39, 0.29) is 5.43 Å². The van der Waals surface area contributed by atoms with Gasteiger partial charge in [-0.3, -0.25) is 4.79 Å². The number of fused-ring (bicyclic) bond motifs is 1. The number of aryl methyl sites for hydroxylation is 1. The molecule has 21 heavy (non-hydrogen) atoms. The first-order valence-corrected chi connectivity index (χ1v) is 6.94. The molecular weight excluding hydrogens is 286 g/mol. The van der Waals surface area contributed by atoms with Crippen molar-refractivity contribution >= 4 is 22.5 Å². The molecule has 0 spiro atoms. The van der Waals surface area contributed by atoms with Gasteiger partial charge >= 0.3 is 0 Å². The molecule has 106 valence electrons. The molecule has 4 heteroatoms. The average molecular weight is 300 g/mol. The quantitative estimate of drug-likeness (QED) is 0.772. The predicted molar refractivity (Wildman–Crippen MR) is 86.3 cm³/mol. The van der Waals surface area contributed by atoms with Gasteiger partial charge in [-0.1, -0.05) is 23.7 Å². The van der Waals surface area contributed by atoms with E-state index in [0.29, 0.717) is 16.2 Å². The first kappa shape index (κ1) is 13.7. The summed E-state index contributed by atoms with van der Waals surface area (Å²) in [6.07, 6.45) is 0. The molecule has 1 aromatic heterocycles. The van der Waals surface area contributed by atoms with Gasteiger partial charge in [-0.05, 0) is 36.8 Å². The highest BCUT2D eigenvalue weighted by Gasteiger charge is 2.13. The molecule has 3 aromatic rings. The van der Waals surface area contributed by atoms with Gasteiger partial charge in [0.1, 0.15) is 5.75 Å². The fraction of sp³-hybridized carbons (Fsp3) is 0.118. The number of para-hydroxylation sites is 1. The first-order chi connectivity index (χ1) is 10.1. The summed E-state index contributed by atoms with van der Waals surface area (Å²) in [4.78, 5) is 15.6. The number of aromatic amines is 1. The van der Waals surface area contributed by atoms with Crippen molar-refractivity contribution in [3.05, 3.63) is 63.3 Å². The van der Waals surface area contributed by atoms with Gasteiger partial charge in [0.15, 0.2) is 5.43 Å². The molecule has 0 amide bonds. The fourth-order valence-corrected chi connectivity index (χ4v) is 2.81. The van der Waals surface area contributed by atoms with Crippen LogP contribution in [0.5, 0.6) is 5.75 Å². The SMILES string of the molecule is COc1cc(Cl)cc(C)c1-c1cc(=O)c2ccccc2[nH]1. The Labute approximate surface area is 127 Å². The first-order valence-electron chi connectivity index (χ1n) is 6.56. The molecule has 0 saturated carbocycles. The maximum absolute atomic E-state index is 12.3. The topological polar surface area (TPSA) is 42.1 Å². The summed E-state index contributed by atoms with van der Waals surface area (Å²) in [6, 6.07) is 12.6. The highest BCUT2D eigenvalue weighted by atomic mass is 35.5. The lowest BCUT2D eigenvalue weighted by molar-refractivity contribution is 0.416. The van der Waals surface area contributed by atoms with Gasteiger partial charge < -0.3 is 9.72 Å². The van der Waals surface area contributed by atoms with Crippen molar-refractivity contribution in [2.45, 2.75) is 6.92 Å². The summed E-state index contributed by atoms with van der Waals surface area (Å²) in [6.45, 7) is 1.94. The summed E-state index contributed by atoms with van der Waals surface area (Å²) >= 11 is 6.06. The van der Waals surface area contributed by atoms with Crippen molar-refractivity contribution in [3.8, 4) is 17.0 Å². The molecule has 0 bridgehead atoms. The smallest absolute Gasteiger partial charge is 0.190 e. The van der Waals surface area contributed by atoms with Crippen molar-refractivity contribution in [1.82, 2.24) is 4.98 Å². The molecule has 0 aliphatic heterocycles. The van der Waals surface area contributed by atoms with Crippen LogP contribution in [0.3, 0.4) is 0 Å². The Morgan fingerprint density at radius 3 is 2.67 bits per heavy atom. The molecule has 3 nitrogen and oxygen atoms in total. The summed E-state index contributed by atoms with van der Waals surface area (Å²) in [7, 11) is 1.59. The van der Waals surface area contributed by atoms with Crippen LogP contribution in [0.2, 0.25) is 5.02 Å². The Balaban J connectivity index is 2.33. The van der Waals surface area contributed by atoms with E-state index in [9.17, 15) is 4.79 Å². The number of nitrogens with one attached hydrogen (secondary N) is 1. The number of benzene rings is 2. The van der Waals surface area contributed by atoms with E-state index in [0.717, 1.165) is 22.3 Å². The molecule has 1 N–H and O–H groups in total. The maximum atomic E-state index is 12.3. The number of H-pyrrole nitrogens is 1. The van der Waals surface area contributed by atoms with Crippen LogP contribution in [0.4, 0.5) is 0 Å². The number of aromatic nitrogens is 1. The van der Waals surface area contributed by atoms with Gasteiger partial charge in [-0.25, -0.2) is 0 Å². The Kier molecular flexibility index (Phi) is 3.43. The van der Waals surface area contributed by atoms with Crippen molar-refractivity contribution in [2.24, 2.45) is 0 Å². The Hall–Kier alpha value is -2.26. The molecule has 0 saturated heterocycles. The van der Waals surface area contributed by atoms with E-state index in [1.165, 1.54) is 0 Å². The van der Waals surface area contributed by atoms with Gasteiger partial charge in [0, 0.05) is 27.6 Å². The van der Waals surface area contributed by atoms with E-state index >= 15 is 0 Å². The number of halogens is 1. The second-order valence-electron chi connectivity index (χ2n) is 4.89. The van der Waals surface area contributed by atoms with E-state index in [1.54, 1.807) is 19.2 Å². The molecular formula is C17H14ClNO2. The molecule has 0 fully saturated rings. The highest BCUT2D eigenvalue weighted by Crippen LogP contribution is 2.34. The summed E-state index contributed by atoms with van der Waals surface area (Å²) < 4.78 is 5.41. The predicted octanol–water partition coefficient (Wildman–Crippen LogP) is 4.17. The van der Waals surface area contributed by atoms with Gasteiger partial charge in [0.05, 0.1) is 12.8 Å². The Bertz CT molecular complexity index is 884. The molecule has 3 rings (SSSR count). The van der Waals surface area contributed by atoms with Crippen LogP contribution < -0.4 is 10.2 Å². The van der Waals surface area contributed by atoms with Gasteiger partial charge in [-0.2, -0.15) is 0 Å². The molecule has 1 heterocycles. The number of ether oxygens (including phenoxy) is 1. The van der Waals surface area contributed by atoms with Gasteiger partial charge in [0.2, 0.25) is 0 Å². The average Bonchev–Trinajstić information content (AvgIpc) is 2.46. The lowest BCUT2D eigenvalue weighted by atomic mass is 10.0. The van der Waals surface area contributed by atoms with E-state index < -0.39 is 0 Å². The number of methoxy groups -OCH3 is 1. The minimum Gasteiger partial charge on any atom is -0.496 e. The Morgan fingerprint density at radius 1 is 1.14 bits per heavy atom. The zero-order chi connectivity index (χ0) is 15.0. The maximum Gasteiger partial charge on any atom is 0.190 e. The van der Waals surface area contributed by atoms with Crippen LogP contribution in [0.15, 0.2) is 47.3 Å². The second-order valence-corrected chi connectivity index (χ2v) is 5.33. The standard InChI is InChI=1S/C17H14ClNO2/c1-10-7-11(18)8-16(21-2)17(10)14-9-15(20)12-5-3-4-6-13(12)19-14/h3-9H,1-2H3,(H,19,20).